The number of fused-ring (bicyclic) bond motifs is 1. The zero-order valence-electron chi connectivity index (χ0n) is 20.1. The Labute approximate surface area is 210 Å². The lowest BCUT2D eigenvalue weighted by Crippen LogP contribution is -2.28. The molecule has 196 valence electrons. The minimum Gasteiger partial charge on any atom is -0.380 e. The Hall–Kier alpha value is -3.97. The van der Waals surface area contributed by atoms with E-state index in [-0.39, 0.29) is 17.2 Å². The first kappa shape index (κ1) is 26.1. The van der Waals surface area contributed by atoms with Gasteiger partial charge in [0, 0.05) is 36.8 Å². The lowest BCUT2D eigenvalue weighted by molar-refractivity contribution is -0.140. The third kappa shape index (κ3) is 5.89. The number of hydrogen-bond acceptors (Lipinski definition) is 7. The maximum Gasteiger partial charge on any atom is 0.433 e. The topological polar surface area (TPSA) is 135 Å². The number of halogens is 3. The van der Waals surface area contributed by atoms with E-state index < -0.39 is 11.9 Å². The van der Waals surface area contributed by atoms with Crippen LogP contribution in [0.25, 0.3) is 16.9 Å². The first-order valence-electron chi connectivity index (χ1n) is 11.7. The molecular formula is C24H27F3N8O2. The molecule has 13 heteroatoms. The number of aromatic amines is 1. The van der Waals surface area contributed by atoms with Crippen molar-refractivity contribution < 1.29 is 22.7 Å². The number of aromatic nitrogens is 5. The molecule has 0 fully saturated rings. The summed E-state index contributed by atoms with van der Waals surface area (Å²) in [5.74, 6) is 0.143. The number of carbonyl (C=O) groups excluding carboxylic acids is 1. The predicted octanol–water partition coefficient (Wildman–Crippen LogP) is 3.54. The number of hydrogen-bond donors (Lipinski definition) is 4. The number of carbonyl (C=O) groups is 1. The van der Waals surface area contributed by atoms with Gasteiger partial charge in [0.05, 0.1) is 30.3 Å². The summed E-state index contributed by atoms with van der Waals surface area (Å²) >= 11 is 0. The molecule has 0 aliphatic heterocycles. The number of nitrogens with zero attached hydrogens (tertiary/aromatic N) is 4. The highest BCUT2D eigenvalue weighted by atomic mass is 19.4. The zero-order valence-corrected chi connectivity index (χ0v) is 20.1. The quantitative estimate of drug-likeness (QED) is 0.224. The summed E-state index contributed by atoms with van der Waals surface area (Å²) in [6.07, 6.45) is 2.23. The van der Waals surface area contributed by atoms with Crippen molar-refractivity contribution >= 4 is 23.1 Å². The Kier molecular flexibility index (Phi) is 8.04. The molecule has 1 amide bonds. The third-order valence-electron chi connectivity index (χ3n) is 5.65. The average Bonchev–Trinajstić information content (AvgIpc) is 3.53. The van der Waals surface area contributed by atoms with Crippen molar-refractivity contribution in [1.82, 2.24) is 29.9 Å². The number of nitrogens with two attached hydrogens (primary N) is 1. The van der Waals surface area contributed by atoms with Gasteiger partial charge in [0.1, 0.15) is 5.69 Å². The Balaban J connectivity index is 1.52. The van der Waals surface area contributed by atoms with Crippen molar-refractivity contribution in [2.45, 2.75) is 25.9 Å². The third-order valence-corrected chi connectivity index (χ3v) is 5.65. The number of alkyl halides is 3. The first-order chi connectivity index (χ1) is 17.8. The van der Waals surface area contributed by atoms with Crippen LogP contribution in [0.15, 0.2) is 43.0 Å². The number of nitrogens with one attached hydrogen (secondary N) is 3. The minimum absolute atomic E-state index is 0.120. The van der Waals surface area contributed by atoms with Gasteiger partial charge in [0.15, 0.2) is 11.5 Å². The SMILES string of the molecule is CCc1cc(Nc2nccn3c(-c4cn[nH]c4C(F)(F)F)cnc23)ccc1C(=O)NCCOCCCN. The average molecular weight is 517 g/mol. The largest absolute Gasteiger partial charge is 0.433 e. The van der Waals surface area contributed by atoms with Gasteiger partial charge in [-0.05, 0) is 43.1 Å². The zero-order chi connectivity index (χ0) is 26.4. The highest BCUT2D eigenvalue weighted by Gasteiger charge is 2.36. The molecule has 5 N–H and O–H groups in total. The van der Waals surface area contributed by atoms with Crippen LogP contribution in [0.3, 0.4) is 0 Å². The number of amides is 1. The van der Waals surface area contributed by atoms with Crippen molar-refractivity contribution in [2.24, 2.45) is 5.73 Å². The van der Waals surface area contributed by atoms with Crippen LogP contribution in [0.4, 0.5) is 24.7 Å². The maximum atomic E-state index is 13.4. The van der Waals surface area contributed by atoms with Gasteiger partial charge in [-0.2, -0.15) is 18.3 Å². The molecule has 0 radical (unpaired) electrons. The number of ether oxygens (including phenoxy) is 1. The van der Waals surface area contributed by atoms with E-state index in [1.165, 1.54) is 23.0 Å². The van der Waals surface area contributed by atoms with Gasteiger partial charge in [-0.1, -0.05) is 6.92 Å². The van der Waals surface area contributed by atoms with Crippen LogP contribution < -0.4 is 16.4 Å². The first-order valence-corrected chi connectivity index (χ1v) is 11.7. The molecule has 37 heavy (non-hydrogen) atoms. The van der Waals surface area contributed by atoms with E-state index in [1.54, 1.807) is 12.1 Å². The molecule has 4 rings (SSSR count). The fraction of sp³-hybridized carbons (Fsp3) is 0.333. The Morgan fingerprint density at radius 1 is 1.22 bits per heavy atom. The lowest BCUT2D eigenvalue weighted by Gasteiger charge is -2.13. The number of imidazole rings is 1. The van der Waals surface area contributed by atoms with Crippen molar-refractivity contribution in [3.63, 3.8) is 0 Å². The summed E-state index contributed by atoms with van der Waals surface area (Å²) in [4.78, 5) is 21.3. The van der Waals surface area contributed by atoms with Gasteiger partial charge in [0.2, 0.25) is 0 Å². The van der Waals surface area contributed by atoms with Crippen molar-refractivity contribution in [1.29, 1.82) is 0 Å². The molecule has 3 aromatic heterocycles. The van der Waals surface area contributed by atoms with Gasteiger partial charge in [-0.15, -0.1) is 0 Å². The van der Waals surface area contributed by atoms with E-state index in [1.807, 2.05) is 18.1 Å². The summed E-state index contributed by atoms with van der Waals surface area (Å²) in [5, 5.41) is 11.6. The number of anilines is 2. The molecule has 0 spiro atoms. The second-order valence-electron chi connectivity index (χ2n) is 8.13. The van der Waals surface area contributed by atoms with Crippen LogP contribution >= 0.6 is 0 Å². The number of H-pyrrole nitrogens is 1. The molecule has 0 aliphatic rings. The van der Waals surface area contributed by atoms with Crippen LogP contribution in [0.5, 0.6) is 0 Å². The highest BCUT2D eigenvalue weighted by molar-refractivity contribution is 5.96. The molecule has 0 bridgehead atoms. The predicted molar refractivity (Wildman–Crippen MR) is 131 cm³/mol. The molecule has 10 nitrogen and oxygen atoms in total. The molecule has 4 aromatic rings. The summed E-state index contributed by atoms with van der Waals surface area (Å²) in [5.41, 5.74) is 6.92. The van der Waals surface area contributed by atoms with Crippen LogP contribution in [-0.2, 0) is 17.3 Å². The summed E-state index contributed by atoms with van der Waals surface area (Å²) in [7, 11) is 0. The molecule has 0 saturated heterocycles. The smallest absolute Gasteiger partial charge is 0.380 e. The van der Waals surface area contributed by atoms with Gasteiger partial charge in [-0.25, -0.2) is 9.97 Å². The Morgan fingerprint density at radius 2 is 2.05 bits per heavy atom. The Morgan fingerprint density at radius 3 is 2.81 bits per heavy atom. The summed E-state index contributed by atoms with van der Waals surface area (Å²) in [6, 6.07) is 5.28. The number of rotatable bonds is 11. The molecule has 0 saturated carbocycles. The van der Waals surface area contributed by atoms with Crippen LogP contribution in [0.1, 0.15) is 35.0 Å². The minimum atomic E-state index is -4.59. The van der Waals surface area contributed by atoms with Gasteiger partial charge in [0.25, 0.3) is 5.91 Å². The van der Waals surface area contributed by atoms with E-state index in [0.717, 1.165) is 18.2 Å². The van der Waals surface area contributed by atoms with Crippen LogP contribution in [-0.4, -0.2) is 56.8 Å². The second-order valence-corrected chi connectivity index (χ2v) is 8.13. The van der Waals surface area contributed by atoms with Gasteiger partial charge >= 0.3 is 6.18 Å². The van der Waals surface area contributed by atoms with Crippen molar-refractivity contribution in [2.75, 3.05) is 31.6 Å². The van der Waals surface area contributed by atoms with Gasteiger partial charge < -0.3 is 21.1 Å². The number of aryl methyl sites for hydroxylation is 1. The number of benzene rings is 1. The molecule has 1 aromatic carbocycles. The van der Waals surface area contributed by atoms with Crippen molar-refractivity contribution in [3.8, 4) is 11.3 Å². The monoisotopic (exact) mass is 516 g/mol. The standard InChI is InChI=1S/C24H27F3N8O2/c1-2-15-12-16(4-5-17(15)23(36)30-8-11-37-10-3-6-28)33-21-22-31-14-19(35(22)9-7-29-21)18-13-32-34-20(18)24(25,26)27/h4-5,7,9,12-14H,2-3,6,8,10-11,28H2,1H3,(H,29,33)(H,30,36)(H,32,34). The molecule has 3 heterocycles. The van der Waals surface area contributed by atoms with Crippen LogP contribution in [0.2, 0.25) is 0 Å². The fourth-order valence-corrected chi connectivity index (χ4v) is 3.84. The molecule has 0 aliphatic carbocycles. The van der Waals surface area contributed by atoms with E-state index in [2.05, 4.69) is 25.7 Å². The normalized spacial score (nSPS) is 11.7. The fourth-order valence-electron chi connectivity index (χ4n) is 3.84. The van der Waals surface area contributed by atoms with E-state index >= 15 is 0 Å². The summed E-state index contributed by atoms with van der Waals surface area (Å²) in [6.45, 7) is 3.83. The maximum absolute atomic E-state index is 13.4. The van der Waals surface area contributed by atoms with Crippen molar-refractivity contribution in [3.05, 3.63) is 59.8 Å². The Bertz CT molecular complexity index is 1370. The molecular weight excluding hydrogens is 489 g/mol. The molecule has 0 unspecified atom stereocenters. The van der Waals surface area contributed by atoms with Crippen LogP contribution in [0, 0.1) is 0 Å². The van der Waals surface area contributed by atoms with E-state index in [0.29, 0.717) is 55.4 Å². The van der Waals surface area contributed by atoms with Gasteiger partial charge in [-0.3, -0.25) is 14.3 Å². The second kappa shape index (κ2) is 11.4. The van der Waals surface area contributed by atoms with E-state index in [9.17, 15) is 18.0 Å². The highest BCUT2D eigenvalue weighted by Crippen LogP contribution is 2.36. The molecule has 0 atom stereocenters. The summed E-state index contributed by atoms with van der Waals surface area (Å²) < 4.78 is 47.0. The lowest BCUT2D eigenvalue weighted by atomic mass is 10.0. The van der Waals surface area contributed by atoms with E-state index in [4.69, 9.17) is 10.5 Å².